The number of aromatic nitrogens is 2. The van der Waals surface area contributed by atoms with E-state index in [1.807, 2.05) is 6.07 Å². The zero-order valence-corrected chi connectivity index (χ0v) is 11.9. The van der Waals surface area contributed by atoms with Crippen LogP contribution in [0.5, 0.6) is 0 Å². The van der Waals surface area contributed by atoms with Crippen LogP contribution in [0, 0.1) is 0 Å². The second kappa shape index (κ2) is 6.55. The molecule has 22 heavy (non-hydrogen) atoms. The van der Waals surface area contributed by atoms with E-state index in [4.69, 9.17) is 9.15 Å². The first kappa shape index (κ1) is 14.5. The van der Waals surface area contributed by atoms with Crippen LogP contribution in [-0.4, -0.2) is 27.4 Å². The Kier molecular flexibility index (Phi) is 4.32. The van der Waals surface area contributed by atoms with Gasteiger partial charge in [-0.1, -0.05) is 12.1 Å². The largest absolute Gasteiger partial charge is 0.467 e. The second-order valence-corrected chi connectivity index (χ2v) is 4.97. The molecule has 0 bridgehead atoms. The third-order valence-corrected chi connectivity index (χ3v) is 3.27. The van der Waals surface area contributed by atoms with Crippen molar-refractivity contribution in [1.29, 1.82) is 0 Å². The van der Waals surface area contributed by atoms with E-state index in [0.717, 1.165) is 0 Å². The van der Waals surface area contributed by atoms with Crippen molar-refractivity contribution in [1.82, 2.24) is 9.55 Å². The van der Waals surface area contributed by atoms with Gasteiger partial charge in [-0.05, 0) is 24.3 Å². The summed E-state index contributed by atoms with van der Waals surface area (Å²) in [5.41, 5.74) is 0.475. The van der Waals surface area contributed by atoms with Crippen LogP contribution in [0.25, 0.3) is 10.9 Å². The van der Waals surface area contributed by atoms with Crippen molar-refractivity contribution in [2.24, 2.45) is 0 Å². The molecule has 0 amide bonds. The highest BCUT2D eigenvalue weighted by atomic mass is 16.5. The number of rotatable bonds is 6. The van der Waals surface area contributed by atoms with Gasteiger partial charge in [-0.15, -0.1) is 0 Å². The lowest BCUT2D eigenvalue weighted by Gasteiger charge is -2.12. The molecule has 0 saturated heterocycles. The summed E-state index contributed by atoms with van der Waals surface area (Å²) in [5, 5.41) is 10.5. The Labute approximate surface area is 126 Å². The summed E-state index contributed by atoms with van der Waals surface area (Å²) in [4.78, 5) is 16.5. The van der Waals surface area contributed by atoms with E-state index in [1.54, 1.807) is 36.6 Å². The molecule has 3 aromatic rings. The summed E-state index contributed by atoms with van der Waals surface area (Å²) in [7, 11) is 0. The summed E-state index contributed by atoms with van der Waals surface area (Å²) in [6.07, 6.45) is 2.21. The molecule has 0 saturated carbocycles. The zero-order valence-electron chi connectivity index (χ0n) is 11.9. The number of nitrogens with zero attached hydrogens (tertiary/aromatic N) is 2. The molecule has 0 fully saturated rings. The summed E-state index contributed by atoms with van der Waals surface area (Å²) in [6.45, 7) is 0.531. The summed E-state index contributed by atoms with van der Waals surface area (Å²) >= 11 is 0. The van der Waals surface area contributed by atoms with Gasteiger partial charge in [-0.2, -0.15) is 0 Å². The normalized spacial score (nSPS) is 12.6. The fraction of sp³-hybridized carbons (Fsp3) is 0.250. The smallest absolute Gasteiger partial charge is 0.261 e. The molecule has 0 aliphatic carbocycles. The van der Waals surface area contributed by atoms with Crippen molar-refractivity contribution in [3.05, 3.63) is 65.1 Å². The maximum Gasteiger partial charge on any atom is 0.261 e. The molecular weight excluding hydrogens is 284 g/mol. The molecule has 1 N–H and O–H groups in total. The second-order valence-electron chi connectivity index (χ2n) is 4.97. The number of hydrogen-bond acceptors (Lipinski definition) is 5. The molecule has 3 rings (SSSR count). The zero-order chi connectivity index (χ0) is 15.4. The van der Waals surface area contributed by atoms with Gasteiger partial charge in [0, 0.05) is 0 Å². The molecule has 114 valence electrons. The highest BCUT2D eigenvalue weighted by Crippen LogP contribution is 2.06. The van der Waals surface area contributed by atoms with E-state index in [9.17, 15) is 9.90 Å². The standard InChI is InChI=1S/C16H16N2O4/c19-12(9-21-10-13-4-3-7-22-13)8-18-11-17-15-6-2-1-5-14(15)16(18)20/h1-7,11-12,19H,8-10H2. The predicted molar refractivity (Wildman–Crippen MR) is 80.4 cm³/mol. The molecule has 1 atom stereocenters. The van der Waals surface area contributed by atoms with E-state index >= 15 is 0 Å². The van der Waals surface area contributed by atoms with Gasteiger partial charge in [0.2, 0.25) is 0 Å². The molecule has 6 heteroatoms. The molecule has 1 unspecified atom stereocenters. The summed E-state index contributed by atoms with van der Waals surface area (Å²) in [5.74, 6) is 0.691. The van der Waals surface area contributed by atoms with Crippen LogP contribution in [-0.2, 0) is 17.9 Å². The van der Waals surface area contributed by atoms with Gasteiger partial charge in [-0.25, -0.2) is 4.98 Å². The van der Waals surface area contributed by atoms with Crippen molar-refractivity contribution < 1.29 is 14.3 Å². The lowest BCUT2D eigenvalue weighted by molar-refractivity contribution is 0.0142. The molecule has 0 spiro atoms. The molecule has 0 aliphatic rings. The number of fused-ring (bicyclic) bond motifs is 1. The molecule has 2 heterocycles. The van der Waals surface area contributed by atoms with Crippen LogP contribution in [0.1, 0.15) is 5.76 Å². The fourth-order valence-electron chi connectivity index (χ4n) is 2.21. The number of hydrogen-bond donors (Lipinski definition) is 1. The average molecular weight is 300 g/mol. The van der Waals surface area contributed by atoms with Crippen molar-refractivity contribution in [2.45, 2.75) is 19.3 Å². The van der Waals surface area contributed by atoms with Crippen LogP contribution < -0.4 is 5.56 Å². The number of furan rings is 1. The first-order valence-electron chi connectivity index (χ1n) is 6.96. The maximum atomic E-state index is 12.3. The maximum absolute atomic E-state index is 12.3. The van der Waals surface area contributed by atoms with E-state index in [0.29, 0.717) is 16.7 Å². The Morgan fingerprint density at radius 2 is 2.14 bits per heavy atom. The Bertz CT molecular complexity index is 795. The molecular formula is C16H16N2O4. The van der Waals surface area contributed by atoms with Gasteiger partial charge in [0.1, 0.15) is 12.4 Å². The van der Waals surface area contributed by atoms with Crippen LogP contribution >= 0.6 is 0 Å². The highest BCUT2D eigenvalue weighted by molar-refractivity contribution is 5.76. The van der Waals surface area contributed by atoms with Gasteiger partial charge in [-0.3, -0.25) is 9.36 Å². The minimum absolute atomic E-state index is 0.111. The van der Waals surface area contributed by atoms with E-state index in [2.05, 4.69) is 4.98 Å². The first-order valence-corrected chi connectivity index (χ1v) is 6.96. The third-order valence-electron chi connectivity index (χ3n) is 3.27. The molecule has 6 nitrogen and oxygen atoms in total. The number of benzene rings is 1. The van der Waals surface area contributed by atoms with Gasteiger partial charge in [0.25, 0.3) is 5.56 Å². The highest BCUT2D eigenvalue weighted by Gasteiger charge is 2.09. The summed E-state index contributed by atoms with van der Waals surface area (Å²) in [6, 6.07) is 10.7. The van der Waals surface area contributed by atoms with Gasteiger partial charge >= 0.3 is 0 Å². The van der Waals surface area contributed by atoms with Crippen molar-refractivity contribution in [2.75, 3.05) is 6.61 Å². The Balaban J connectivity index is 1.62. The third kappa shape index (κ3) is 3.24. The van der Waals surface area contributed by atoms with Gasteiger partial charge in [0.15, 0.2) is 0 Å². The van der Waals surface area contributed by atoms with Crippen LogP contribution in [0.3, 0.4) is 0 Å². The van der Waals surface area contributed by atoms with Crippen molar-refractivity contribution in [3.8, 4) is 0 Å². The number of para-hydroxylation sites is 1. The van der Waals surface area contributed by atoms with Gasteiger partial charge in [0.05, 0.1) is 42.7 Å². The van der Waals surface area contributed by atoms with E-state index < -0.39 is 6.10 Å². The van der Waals surface area contributed by atoms with Crippen LogP contribution in [0.15, 0.2) is 58.2 Å². The predicted octanol–water partition coefficient (Wildman–Crippen LogP) is 1.57. The first-order chi connectivity index (χ1) is 10.7. The minimum atomic E-state index is -0.796. The lowest BCUT2D eigenvalue weighted by atomic mass is 10.2. The molecule has 0 radical (unpaired) electrons. The Morgan fingerprint density at radius 3 is 2.95 bits per heavy atom. The number of aliphatic hydroxyl groups excluding tert-OH is 1. The topological polar surface area (TPSA) is 77.5 Å². The van der Waals surface area contributed by atoms with Crippen LogP contribution in [0.2, 0.25) is 0 Å². The van der Waals surface area contributed by atoms with Crippen LogP contribution in [0.4, 0.5) is 0 Å². The summed E-state index contributed by atoms with van der Waals surface area (Å²) < 4.78 is 11.9. The Morgan fingerprint density at radius 1 is 1.27 bits per heavy atom. The average Bonchev–Trinajstić information content (AvgIpc) is 3.04. The monoisotopic (exact) mass is 300 g/mol. The minimum Gasteiger partial charge on any atom is -0.467 e. The quantitative estimate of drug-likeness (QED) is 0.747. The van der Waals surface area contributed by atoms with Gasteiger partial charge < -0.3 is 14.3 Å². The number of aliphatic hydroxyl groups is 1. The Hall–Kier alpha value is -2.44. The van der Waals surface area contributed by atoms with E-state index in [-0.39, 0.29) is 25.3 Å². The van der Waals surface area contributed by atoms with Crippen molar-refractivity contribution >= 4 is 10.9 Å². The molecule has 2 aromatic heterocycles. The SMILES string of the molecule is O=c1c2ccccc2ncn1CC(O)COCc1ccco1. The molecule has 0 aliphatic heterocycles. The van der Waals surface area contributed by atoms with Crippen molar-refractivity contribution in [3.63, 3.8) is 0 Å². The fourth-order valence-corrected chi connectivity index (χ4v) is 2.21. The molecule has 1 aromatic carbocycles. The number of ether oxygens (including phenoxy) is 1. The lowest BCUT2D eigenvalue weighted by Crippen LogP contribution is -2.29. The van der Waals surface area contributed by atoms with E-state index in [1.165, 1.54) is 10.9 Å².